The standard InChI is InChI=1S/C10H9N3O2/c1-15-10(14)6-2-3-8-7(4-6)9(11)13-5-12-8/h2-5H,1H3,(H2,11,12,13). The van der Waals surface area contributed by atoms with E-state index in [-0.39, 0.29) is 0 Å². The molecule has 0 fully saturated rings. The number of esters is 1. The van der Waals surface area contributed by atoms with Gasteiger partial charge in [-0.3, -0.25) is 0 Å². The van der Waals surface area contributed by atoms with Gasteiger partial charge in [-0.25, -0.2) is 14.8 Å². The molecule has 5 heteroatoms. The molecule has 0 radical (unpaired) electrons. The van der Waals surface area contributed by atoms with Gasteiger partial charge in [-0.15, -0.1) is 0 Å². The highest BCUT2D eigenvalue weighted by Gasteiger charge is 2.07. The summed E-state index contributed by atoms with van der Waals surface area (Å²) in [4.78, 5) is 19.1. The molecule has 0 aliphatic rings. The molecule has 0 unspecified atom stereocenters. The lowest BCUT2D eigenvalue weighted by atomic mass is 10.1. The summed E-state index contributed by atoms with van der Waals surface area (Å²) < 4.78 is 4.60. The number of carbonyl (C=O) groups is 1. The maximum absolute atomic E-state index is 11.3. The van der Waals surface area contributed by atoms with Gasteiger partial charge in [0.15, 0.2) is 0 Å². The van der Waals surface area contributed by atoms with Crippen LogP contribution in [0.25, 0.3) is 10.9 Å². The van der Waals surface area contributed by atoms with E-state index >= 15 is 0 Å². The number of carbonyl (C=O) groups excluding carboxylic acids is 1. The van der Waals surface area contributed by atoms with Crippen LogP contribution >= 0.6 is 0 Å². The molecule has 1 heterocycles. The molecular formula is C10H9N3O2. The SMILES string of the molecule is COC(=O)c1ccc2ncnc(N)c2c1. The van der Waals surface area contributed by atoms with E-state index in [1.807, 2.05) is 0 Å². The largest absolute Gasteiger partial charge is 0.465 e. The van der Waals surface area contributed by atoms with Crippen molar-refractivity contribution in [2.75, 3.05) is 12.8 Å². The molecule has 2 aromatic rings. The first-order valence-electron chi connectivity index (χ1n) is 4.31. The fourth-order valence-electron chi connectivity index (χ4n) is 1.32. The molecule has 0 spiro atoms. The van der Waals surface area contributed by atoms with Crippen molar-refractivity contribution >= 4 is 22.7 Å². The van der Waals surface area contributed by atoms with Crippen molar-refractivity contribution in [2.45, 2.75) is 0 Å². The second kappa shape index (κ2) is 3.53. The average Bonchev–Trinajstić information content (AvgIpc) is 2.28. The Morgan fingerprint density at radius 2 is 2.20 bits per heavy atom. The van der Waals surface area contributed by atoms with Gasteiger partial charge in [0.25, 0.3) is 0 Å². The van der Waals surface area contributed by atoms with Crippen LogP contribution in [0.5, 0.6) is 0 Å². The number of fused-ring (bicyclic) bond motifs is 1. The van der Waals surface area contributed by atoms with Crippen LogP contribution in [0.2, 0.25) is 0 Å². The minimum Gasteiger partial charge on any atom is -0.465 e. The minimum atomic E-state index is -0.403. The summed E-state index contributed by atoms with van der Waals surface area (Å²) in [5.74, 6) is -0.0501. The van der Waals surface area contributed by atoms with Crippen molar-refractivity contribution in [2.24, 2.45) is 0 Å². The monoisotopic (exact) mass is 203 g/mol. The van der Waals surface area contributed by atoms with Gasteiger partial charge in [0.2, 0.25) is 0 Å². The number of nitrogen functional groups attached to an aromatic ring is 1. The van der Waals surface area contributed by atoms with E-state index < -0.39 is 5.97 Å². The average molecular weight is 203 g/mol. The highest BCUT2D eigenvalue weighted by molar-refractivity contribution is 5.97. The summed E-state index contributed by atoms with van der Waals surface area (Å²) in [5, 5.41) is 0.653. The zero-order valence-corrected chi connectivity index (χ0v) is 8.10. The number of benzene rings is 1. The van der Waals surface area contributed by atoms with Crippen LogP contribution in [-0.4, -0.2) is 23.0 Å². The number of ether oxygens (including phenoxy) is 1. The lowest BCUT2D eigenvalue weighted by molar-refractivity contribution is 0.0601. The molecule has 0 atom stereocenters. The molecule has 5 nitrogen and oxygen atoms in total. The maximum atomic E-state index is 11.3. The number of hydrogen-bond acceptors (Lipinski definition) is 5. The van der Waals surface area contributed by atoms with E-state index in [9.17, 15) is 4.79 Å². The van der Waals surface area contributed by atoms with Crippen LogP contribution in [0, 0.1) is 0 Å². The zero-order valence-electron chi connectivity index (χ0n) is 8.10. The Labute approximate surface area is 85.9 Å². The predicted molar refractivity (Wildman–Crippen MR) is 55.3 cm³/mol. The molecule has 0 aliphatic carbocycles. The third-order valence-electron chi connectivity index (χ3n) is 2.09. The Balaban J connectivity index is 2.64. The van der Waals surface area contributed by atoms with Crippen molar-refractivity contribution in [1.29, 1.82) is 0 Å². The quantitative estimate of drug-likeness (QED) is 0.699. The number of nitrogens with zero attached hydrogens (tertiary/aromatic N) is 2. The number of rotatable bonds is 1. The number of nitrogens with two attached hydrogens (primary N) is 1. The van der Waals surface area contributed by atoms with Crippen LogP contribution in [-0.2, 0) is 4.74 Å². The molecule has 0 bridgehead atoms. The van der Waals surface area contributed by atoms with E-state index in [4.69, 9.17) is 5.73 Å². The number of hydrogen-bond donors (Lipinski definition) is 1. The van der Waals surface area contributed by atoms with E-state index in [0.717, 1.165) is 0 Å². The third-order valence-corrected chi connectivity index (χ3v) is 2.09. The maximum Gasteiger partial charge on any atom is 0.337 e. The van der Waals surface area contributed by atoms with Gasteiger partial charge in [-0.2, -0.15) is 0 Å². The van der Waals surface area contributed by atoms with Gasteiger partial charge in [-0.05, 0) is 18.2 Å². The highest BCUT2D eigenvalue weighted by atomic mass is 16.5. The van der Waals surface area contributed by atoms with Crippen molar-refractivity contribution < 1.29 is 9.53 Å². The number of aromatic nitrogens is 2. The van der Waals surface area contributed by atoms with Crippen molar-refractivity contribution in [3.8, 4) is 0 Å². The molecule has 2 rings (SSSR count). The molecule has 1 aromatic heterocycles. The number of methoxy groups -OCH3 is 1. The van der Waals surface area contributed by atoms with Gasteiger partial charge in [-0.1, -0.05) is 0 Å². The van der Waals surface area contributed by atoms with Gasteiger partial charge in [0.1, 0.15) is 12.1 Å². The Hall–Kier alpha value is -2.17. The molecule has 76 valence electrons. The van der Waals surface area contributed by atoms with Gasteiger partial charge < -0.3 is 10.5 Å². The normalized spacial score (nSPS) is 10.2. The summed E-state index contributed by atoms with van der Waals surface area (Å²) in [7, 11) is 1.33. The highest BCUT2D eigenvalue weighted by Crippen LogP contribution is 2.18. The van der Waals surface area contributed by atoms with Crippen molar-refractivity contribution in [3.05, 3.63) is 30.1 Å². The van der Waals surface area contributed by atoms with E-state index in [1.54, 1.807) is 18.2 Å². The molecule has 2 N–H and O–H groups in total. The van der Waals surface area contributed by atoms with Crippen molar-refractivity contribution in [3.63, 3.8) is 0 Å². The van der Waals surface area contributed by atoms with E-state index in [1.165, 1.54) is 13.4 Å². The molecule has 0 saturated heterocycles. The first kappa shape index (κ1) is 9.39. The second-order valence-corrected chi connectivity index (χ2v) is 2.98. The van der Waals surface area contributed by atoms with E-state index in [2.05, 4.69) is 14.7 Å². The Morgan fingerprint density at radius 3 is 2.93 bits per heavy atom. The van der Waals surface area contributed by atoms with Crippen LogP contribution < -0.4 is 5.73 Å². The zero-order chi connectivity index (χ0) is 10.8. The fraction of sp³-hybridized carbons (Fsp3) is 0.100. The Morgan fingerprint density at radius 1 is 1.40 bits per heavy atom. The van der Waals surface area contributed by atoms with Crippen molar-refractivity contribution in [1.82, 2.24) is 9.97 Å². The molecule has 0 amide bonds. The lowest BCUT2D eigenvalue weighted by Gasteiger charge is -2.02. The summed E-state index contributed by atoms with van der Waals surface area (Å²) in [5.41, 5.74) is 6.80. The predicted octanol–water partition coefficient (Wildman–Crippen LogP) is 0.999. The summed E-state index contributed by atoms with van der Waals surface area (Å²) in [6.07, 6.45) is 1.38. The molecule has 15 heavy (non-hydrogen) atoms. The van der Waals surface area contributed by atoms with Gasteiger partial charge in [0.05, 0.1) is 18.2 Å². The minimum absolute atomic E-state index is 0.353. The van der Waals surface area contributed by atoms with Crippen LogP contribution in [0.1, 0.15) is 10.4 Å². The Bertz CT molecular complexity index is 525. The fourth-order valence-corrected chi connectivity index (χ4v) is 1.32. The molecule has 0 saturated carbocycles. The summed E-state index contributed by atoms with van der Waals surface area (Å²) in [6.45, 7) is 0. The van der Waals surface area contributed by atoms with Gasteiger partial charge in [0, 0.05) is 5.39 Å². The number of anilines is 1. The van der Waals surface area contributed by atoms with Crippen LogP contribution in [0.15, 0.2) is 24.5 Å². The van der Waals surface area contributed by atoms with Crippen LogP contribution in [0.4, 0.5) is 5.82 Å². The second-order valence-electron chi connectivity index (χ2n) is 2.98. The molecule has 1 aromatic carbocycles. The third kappa shape index (κ3) is 1.59. The van der Waals surface area contributed by atoms with Crippen LogP contribution in [0.3, 0.4) is 0 Å². The summed E-state index contributed by atoms with van der Waals surface area (Å²) in [6, 6.07) is 4.97. The van der Waals surface area contributed by atoms with E-state index in [0.29, 0.717) is 22.3 Å². The topological polar surface area (TPSA) is 78.1 Å². The lowest BCUT2D eigenvalue weighted by Crippen LogP contribution is -2.02. The molecule has 0 aliphatic heterocycles. The Kier molecular flexibility index (Phi) is 2.21. The molecular weight excluding hydrogens is 194 g/mol. The van der Waals surface area contributed by atoms with Gasteiger partial charge >= 0.3 is 5.97 Å². The first-order chi connectivity index (χ1) is 7.22. The summed E-state index contributed by atoms with van der Waals surface area (Å²) >= 11 is 0. The smallest absolute Gasteiger partial charge is 0.337 e. The first-order valence-corrected chi connectivity index (χ1v) is 4.31.